The third-order valence-corrected chi connectivity index (χ3v) is 6.21. The van der Waals surface area contributed by atoms with Crippen molar-refractivity contribution in [3.05, 3.63) is 115 Å². The Morgan fingerprint density at radius 2 is 1.44 bits per heavy atom. The SMILES string of the molecule is COCCCNC(=O)c1ccc(Cn2c(=O)c3ccc(C)cc3n(Cc3ccc(C)cc3)c2=O)cc1. The molecule has 0 radical (unpaired) electrons. The van der Waals surface area contributed by atoms with Crippen LogP contribution in [0.2, 0.25) is 0 Å². The van der Waals surface area contributed by atoms with Crippen LogP contribution in [0.3, 0.4) is 0 Å². The Labute approximate surface area is 210 Å². The number of benzene rings is 3. The topological polar surface area (TPSA) is 82.3 Å². The van der Waals surface area contributed by atoms with E-state index in [-0.39, 0.29) is 23.7 Å². The Bertz CT molecular complexity index is 1480. The molecule has 0 unspecified atom stereocenters. The number of aromatic nitrogens is 2. The van der Waals surface area contributed by atoms with Crippen LogP contribution in [-0.4, -0.2) is 35.3 Å². The van der Waals surface area contributed by atoms with Gasteiger partial charge in [-0.05, 0) is 61.2 Å². The average molecular weight is 486 g/mol. The van der Waals surface area contributed by atoms with Crippen molar-refractivity contribution >= 4 is 16.8 Å². The molecule has 0 saturated carbocycles. The smallest absolute Gasteiger partial charge is 0.332 e. The number of hydrogen-bond acceptors (Lipinski definition) is 4. The normalized spacial score (nSPS) is 11.1. The summed E-state index contributed by atoms with van der Waals surface area (Å²) in [4.78, 5) is 39.3. The summed E-state index contributed by atoms with van der Waals surface area (Å²) >= 11 is 0. The Balaban J connectivity index is 1.66. The second kappa shape index (κ2) is 11.2. The second-order valence-corrected chi connectivity index (χ2v) is 9.07. The number of rotatable bonds is 9. The molecule has 4 rings (SSSR count). The third kappa shape index (κ3) is 5.63. The van der Waals surface area contributed by atoms with E-state index in [4.69, 9.17) is 4.74 Å². The quantitative estimate of drug-likeness (QED) is 0.367. The van der Waals surface area contributed by atoms with E-state index in [9.17, 15) is 14.4 Å². The lowest BCUT2D eigenvalue weighted by Crippen LogP contribution is -2.40. The van der Waals surface area contributed by atoms with Crippen LogP contribution in [0.4, 0.5) is 0 Å². The molecule has 36 heavy (non-hydrogen) atoms. The summed E-state index contributed by atoms with van der Waals surface area (Å²) in [5.74, 6) is -0.170. The fourth-order valence-corrected chi connectivity index (χ4v) is 4.16. The van der Waals surface area contributed by atoms with E-state index in [2.05, 4.69) is 5.32 Å². The maximum absolute atomic E-state index is 13.6. The molecule has 7 nitrogen and oxygen atoms in total. The van der Waals surface area contributed by atoms with Gasteiger partial charge >= 0.3 is 5.69 Å². The fourth-order valence-electron chi connectivity index (χ4n) is 4.16. The summed E-state index contributed by atoms with van der Waals surface area (Å²) in [6.45, 7) is 5.56. The molecule has 0 aliphatic carbocycles. The zero-order valence-electron chi connectivity index (χ0n) is 20.9. The van der Waals surface area contributed by atoms with Gasteiger partial charge in [0.2, 0.25) is 0 Å². The molecule has 0 spiro atoms. The molecule has 1 aromatic heterocycles. The van der Waals surface area contributed by atoms with Gasteiger partial charge in [-0.25, -0.2) is 4.79 Å². The molecule has 0 aliphatic rings. The van der Waals surface area contributed by atoms with Gasteiger partial charge < -0.3 is 10.1 Å². The van der Waals surface area contributed by atoms with Gasteiger partial charge in [0.05, 0.1) is 24.0 Å². The standard InChI is InChI=1S/C29H31N3O4/c1-20-5-8-22(9-6-20)18-31-26-17-21(2)7-14-25(26)28(34)32(29(31)35)19-23-10-12-24(13-11-23)27(33)30-15-4-16-36-3/h5-14,17H,4,15-16,18-19H2,1-3H3,(H,30,33). The Morgan fingerprint density at radius 3 is 2.11 bits per heavy atom. The van der Waals surface area contributed by atoms with Crippen molar-refractivity contribution in [2.45, 2.75) is 33.4 Å². The fraction of sp³-hybridized carbons (Fsp3) is 0.276. The summed E-state index contributed by atoms with van der Waals surface area (Å²) in [5.41, 5.74) is 4.33. The number of hydrogen-bond donors (Lipinski definition) is 1. The monoisotopic (exact) mass is 485 g/mol. The lowest BCUT2D eigenvalue weighted by Gasteiger charge is -2.15. The summed E-state index contributed by atoms with van der Waals surface area (Å²) in [5, 5.41) is 3.35. The molecule has 0 atom stereocenters. The molecule has 1 heterocycles. The molecular formula is C29H31N3O4. The second-order valence-electron chi connectivity index (χ2n) is 9.07. The average Bonchev–Trinajstić information content (AvgIpc) is 2.88. The first-order valence-electron chi connectivity index (χ1n) is 12.0. The maximum atomic E-state index is 13.6. The highest BCUT2D eigenvalue weighted by Crippen LogP contribution is 2.14. The van der Waals surface area contributed by atoms with Gasteiger partial charge in [0.15, 0.2) is 0 Å². The zero-order valence-corrected chi connectivity index (χ0v) is 20.9. The van der Waals surface area contributed by atoms with Crippen LogP contribution >= 0.6 is 0 Å². The molecule has 3 aromatic carbocycles. The number of methoxy groups -OCH3 is 1. The molecule has 0 aliphatic heterocycles. The van der Waals surface area contributed by atoms with Crippen molar-refractivity contribution in [1.29, 1.82) is 0 Å². The van der Waals surface area contributed by atoms with E-state index in [0.29, 0.717) is 36.2 Å². The first-order valence-corrected chi connectivity index (χ1v) is 12.0. The summed E-state index contributed by atoms with van der Waals surface area (Å²) in [6.07, 6.45) is 0.736. The van der Waals surface area contributed by atoms with Crippen molar-refractivity contribution in [3.63, 3.8) is 0 Å². The Hall–Kier alpha value is -3.97. The highest BCUT2D eigenvalue weighted by Gasteiger charge is 2.15. The maximum Gasteiger partial charge on any atom is 0.332 e. The van der Waals surface area contributed by atoms with E-state index < -0.39 is 0 Å². The van der Waals surface area contributed by atoms with Crippen molar-refractivity contribution < 1.29 is 9.53 Å². The van der Waals surface area contributed by atoms with E-state index in [1.807, 2.05) is 50.2 Å². The van der Waals surface area contributed by atoms with Gasteiger partial charge in [-0.1, -0.05) is 48.0 Å². The molecular weight excluding hydrogens is 454 g/mol. The zero-order chi connectivity index (χ0) is 25.7. The van der Waals surface area contributed by atoms with Crippen LogP contribution in [-0.2, 0) is 17.8 Å². The van der Waals surface area contributed by atoms with E-state index >= 15 is 0 Å². The molecule has 4 aromatic rings. The van der Waals surface area contributed by atoms with Crippen molar-refractivity contribution in [2.24, 2.45) is 0 Å². The van der Waals surface area contributed by atoms with Gasteiger partial charge in [-0.3, -0.25) is 18.7 Å². The number of amides is 1. The van der Waals surface area contributed by atoms with Gasteiger partial charge in [-0.2, -0.15) is 0 Å². The summed E-state index contributed by atoms with van der Waals surface area (Å²) in [7, 11) is 1.62. The number of carbonyl (C=O) groups is 1. The van der Waals surface area contributed by atoms with Gasteiger partial charge in [0.25, 0.3) is 11.5 Å². The largest absolute Gasteiger partial charge is 0.385 e. The molecule has 0 saturated heterocycles. The summed E-state index contributed by atoms with van der Waals surface area (Å²) < 4.78 is 7.93. The highest BCUT2D eigenvalue weighted by atomic mass is 16.5. The predicted molar refractivity (Wildman–Crippen MR) is 142 cm³/mol. The van der Waals surface area contributed by atoms with Crippen molar-refractivity contribution in [2.75, 3.05) is 20.3 Å². The number of carbonyl (C=O) groups excluding carboxylic acids is 1. The van der Waals surface area contributed by atoms with Crippen LogP contribution in [0.25, 0.3) is 10.9 Å². The van der Waals surface area contributed by atoms with Crippen LogP contribution < -0.4 is 16.6 Å². The Kier molecular flexibility index (Phi) is 7.80. The third-order valence-electron chi connectivity index (χ3n) is 6.21. The molecule has 0 bridgehead atoms. The van der Waals surface area contributed by atoms with Gasteiger partial charge in [0.1, 0.15) is 0 Å². The predicted octanol–water partition coefficient (Wildman–Crippen LogP) is 3.64. The molecule has 0 fully saturated rings. The minimum atomic E-state index is -0.362. The van der Waals surface area contributed by atoms with Crippen LogP contribution in [0.1, 0.15) is 39.0 Å². The number of aryl methyl sites for hydroxylation is 2. The number of nitrogens with zero attached hydrogens (tertiary/aromatic N) is 2. The van der Waals surface area contributed by atoms with E-state index in [1.54, 1.807) is 42.0 Å². The summed E-state index contributed by atoms with van der Waals surface area (Å²) in [6, 6.07) is 20.5. The van der Waals surface area contributed by atoms with Crippen LogP contribution in [0, 0.1) is 13.8 Å². The van der Waals surface area contributed by atoms with Crippen molar-refractivity contribution in [1.82, 2.24) is 14.5 Å². The lowest BCUT2D eigenvalue weighted by molar-refractivity contribution is 0.0948. The first-order chi connectivity index (χ1) is 17.4. The van der Waals surface area contributed by atoms with E-state index in [1.165, 1.54) is 4.57 Å². The Morgan fingerprint density at radius 1 is 0.833 bits per heavy atom. The van der Waals surface area contributed by atoms with Crippen LogP contribution in [0.5, 0.6) is 0 Å². The minimum Gasteiger partial charge on any atom is -0.385 e. The number of nitrogens with one attached hydrogen (secondary N) is 1. The van der Waals surface area contributed by atoms with Gasteiger partial charge in [0, 0.05) is 25.8 Å². The molecule has 186 valence electrons. The number of fused-ring (bicyclic) bond motifs is 1. The van der Waals surface area contributed by atoms with Gasteiger partial charge in [-0.15, -0.1) is 0 Å². The molecule has 7 heteroatoms. The number of ether oxygens (including phenoxy) is 1. The lowest BCUT2D eigenvalue weighted by atomic mass is 10.1. The molecule has 1 N–H and O–H groups in total. The molecule has 1 amide bonds. The minimum absolute atomic E-state index is 0.116. The van der Waals surface area contributed by atoms with Crippen molar-refractivity contribution in [3.8, 4) is 0 Å². The van der Waals surface area contributed by atoms with Crippen LogP contribution in [0.15, 0.2) is 76.3 Å². The van der Waals surface area contributed by atoms with E-state index in [0.717, 1.165) is 28.7 Å². The first kappa shape index (κ1) is 25.1. The highest BCUT2D eigenvalue weighted by molar-refractivity contribution is 5.94.